The van der Waals surface area contributed by atoms with Crippen LogP contribution in [0, 0.1) is 17.7 Å². The maximum absolute atomic E-state index is 13.8. The first-order chi connectivity index (χ1) is 11.6. The van der Waals surface area contributed by atoms with E-state index in [1.807, 2.05) is 11.0 Å². The van der Waals surface area contributed by atoms with Gasteiger partial charge in [-0.2, -0.15) is 0 Å². The van der Waals surface area contributed by atoms with Gasteiger partial charge in [0, 0.05) is 32.7 Å². The molecule has 0 aromatic heterocycles. The van der Waals surface area contributed by atoms with E-state index < -0.39 is 0 Å². The van der Waals surface area contributed by atoms with Crippen LogP contribution < -0.4 is 10.2 Å². The summed E-state index contributed by atoms with van der Waals surface area (Å²) in [5, 5.41) is 2.74. The molecule has 1 saturated carbocycles. The molecular weight excluding hydrogens is 309 g/mol. The summed E-state index contributed by atoms with van der Waals surface area (Å²) in [6.07, 6.45) is 2.24. The van der Waals surface area contributed by atoms with Crippen molar-refractivity contribution in [2.24, 2.45) is 11.8 Å². The maximum atomic E-state index is 13.8. The van der Waals surface area contributed by atoms with Gasteiger partial charge in [-0.1, -0.05) is 18.2 Å². The van der Waals surface area contributed by atoms with Crippen molar-refractivity contribution in [3.8, 4) is 0 Å². The number of amides is 2. The monoisotopic (exact) mass is 331 g/mol. The Morgan fingerprint density at radius 2 is 1.92 bits per heavy atom. The largest absolute Gasteiger partial charge is 0.366 e. The van der Waals surface area contributed by atoms with Crippen molar-refractivity contribution in [2.75, 3.05) is 37.6 Å². The topological polar surface area (TPSA) is 52.7 Å². The fourth-order valence-electron chi connectivity index (χ4n) is 3.17. The van der Waals surface area contributed by atoms with Crippen molar-refractivity contribution in [1.29, 1.82) is 0 Å². The normalized spacial score (nSPS) is 22.9. The van der Waals surface area contributed by atoms with Crippen molar-refractivity contribution >= 4 is 17.5 Å². The molecule has 0 spiro atoms. The summed E-state index contributed by atoms with van der Waals surface area (Å²) in [4.78, 5) is 28.1. The van der Waals surface area contributed by atoms with Crippen molar-refractivity contribution in [2.45, 2.75) is 6.42 Å². The molecule has 2 fully saturated rings. The molecule has 1 aliphatic heterocycles. The average Bonchev–Trinajstić information content (AvgIpc) is 3.40. The highest BCUT2D eigenvalue weighted by Gasteiger charge is 2.49. The number of carbonyl (C=O) groups excluding carboxylic acids is 2. The molecule has 128 valence electrons. The number of carbonyl (C=O) groups is 2. The van der Waals surface area contributed by atoms with E-state index in [0.29, 0.717) is 44.8 Å². The van der Waals surface area contributed by atoms with Crippen LogP contribution in [-0.2, 0) is 9.59 Å². The van der Waals surface area contributed by atoms with Crippen LogP contribution >= 0.6 is 0 Å². The molecule has 0 bridgehead atoms. The predicted octanol–water partition coefficient (Wildman–Crippen LogP) is 1.41. The van der Waals surface area contributed by atoms with Gasteiger partial charge in [-0.15, -0.1) is 6.58 Å². The van der Waals surface area contributed by atoms with Gasteiger partial charge in [0.15, 0.2) is 0 Å². The summed E-state index contributed by atoms with van der Waals surface area (Å²) >= 11 is 0. The van der Waals surface area contributed by atoms with Crippen molar-refractivity contribution in [3.63, 3.8) is 0 Å². The number of benzene rings is 1. The Morgan fingerprint density at radius 3 is 2.58 bits per heavy atom. The van der Waals surface area contributed by atoms with Gasteiger partial charge in [0.1, 0.15) is 5.82 Å². The highest BCUT2D eigenvalue weighted by Crippen LogP contribution is 2.40. The van der Waals surface area contributed by atoms with Gasteiger partial charge in [0.25, 0.3) is 0 Å². The first-order valence-electron chi connectivity index (χ1n) is 8.28. The van der Waals surface area contributed by atoms with E-state index in [-0.39, 0.29) is 29.5 Å². The third-order valence-electron chi connectivity index (χ3n) is 4.65. The molecule has 1 N–H and O–H groups in total. The summed E-state index contributed by atoms with van der Waals surface area (Å²) in [5.74, 6) is -0.671. The molecule has 1 aromatic rings. The van der Waals surface area contributed by atoms with E-state index in [1.165, 1.54) is 6.07 Å². The molecule has 5 nitrogen and oxygen atoms in total. The molecule has 1 aromatic carbocycles. The van der Waals surface area contributed by atoms with Gasteiger partial charge in [-0.05, 0) is 18.6 Å². The predicted molar refractivity (Wildman–Crippen MR) is 90.0 cm³/mol. The molecule has 2 aliphatic rings. The molecule has 2 atom stereocenters. The SMILES string of the molecule is C=CCNC(=O)C1CC1C(=O)N1CCN(c2ccccc2F)CC1. The summed E-state index contributed by atoms with van der Waals surface area (Å²) in [5.41, 5.74) is 0.581. The Balaban J connectivity index is 1.51. The second kappa shape index (κ2) is 7.03. The number of para-hydroxylation sites is 1. The Labute approximate surface area is 141 Å². The lowest BCUT2D eigenvalue weighted by Crippen LogP contribution is -2.49. The smallest absolute Gasteiger partial charge is 0.226 e. The third kappa shape index (κ3) is 3.42. The summed E-state index contributed by atoms with van der Waals surface area (Å²) < 4.78 is 13.8. The number of nitrogens with one attached hydrogen (secondary N) is 1. The first-order valence-corrected chi connectivity index (χ1v) is 8.28. The minimum Gasteiger partial charge on any atom is -0.366 e. The van der Waals surface area contributed by atoms with Gasteiger partial charge in [-0.3, -0.25) is 9.59 Å². The number of rotatable bonds is 5. The zero-order valence-electron chi connectivity index (χ0n) is 13.6. The highest BCUT2D eigenvalue weighted by molar-refractivity contribution is 5.92. The molecule has 6 heteroatoms. The van der Waals surface area contributed by atoms with Crippen molar-refractivity contribution < 1.29 is 14.0 Å². The van der Waals surface area contributed by atoms with Crippen LogP contribution in [0.2, 0.25) is 0 Å². The van der Waals surface area contributed by atoms with Crippen LogP contribution in [0.5, 0.6) is 0 Å². The fraction of sp³-hybridized carbons (Fsp3) is 0.444. The minimum atomic E-state index is -0.238. The molecule has 2 amide bonds. The van der Waals surface area contributed by atoms with Crippen molar-refractivity contribution in [3.05, 3.63) is 42.7 Å². The lowest BCUT2D eigenvalue weighted by molar-refractivity contribution is -0.135. The van der Waals surface area contributed by atoms with Gasteiger partial charge in [-0.25, -0.2) is 4.39 Å². The summed E-state index contributed by atoms with van der Waals surface area (Å²) in [6.45, 7) is 6.31. The first kappa shape index (κ1) is 16.5. The van der Waals surface area contributed by atoms with Gasteiger partial charge in [0.2, 0.25) is 11.8 Å². The molecule has 2 unspecified atom stereocenters. The third-order valence-corrected chi connectivity index (χ3v) is 4.65. The van der Waals surface area contributed by atoms with E-state index in [4.69, 9.17) is 0 Å². The Bertz CT molecular complexity index is 641. The Kier molecular flexibility index (Phi) is 4.83. The number of nitrogens with zero attached hydrogens (tertiary/aromatic N) is 2. The second-order valence-electron chi connectivity index (χ2n) is 6.25. The van der Waals surface area contributed by atoms with Crippen molar-refractivity contribution in [1.82, 2.24) is 10.2 Å². The zero-order valence-corrected chi connectivity index (χ0v) is 13.6. The summed E-state index contributed by atoms with van der Waals surface area (Å²) in [7, 11) is 0. The molecular formula is C18H22FN3O2. The molecule has 1 heterocycles. The molecule has 0 radical (unpaired) electrons. The fourth-order valence-corrected chi connectivity index (χ4v) is 3.17. The number of halogens is 1. The van der Waals surface area contributed by atoms with Crippen LogP contribution in [0.15, 0.2) is 36.9 Å². The van der Waals surface area contributed by atoms with E-state index in [0.717, 1.165) is 0 Å². The number of hydrogen-bond acceptors (Lipinski definition) is 3. The van der Waals surface area contributed by atoms with Crippen LogP contribution in [0.1, 0.15) is 6.42 Å². The van der Waals surface area contributed by atoms with Crippen LogP contribution in [0.25, 0.3) is 0 Å². The molecule has 24 heavy (non-hydrogen) atoms. The van der Waals surface area contributed by atoms with Gasteiger partial charge >= 0.3 is 0 Å². The lowest BCUT2D eigenvalue weighted by Gasteiger charge is -2.36. The average molecular weight is 331 g/mol. The van der Waals surface area contributed by atoms with Crippen LogP contribution in [-0.4, -0.2) is 49.4 Å². The molecule has 3 rings (SSSR count). The quantitative estimate of drug-likeness (QED) is 0.830. The van der Waals surface area contributed by atoms with E-state index >= 15 is 0 Å². The highest BCUT2D eigenvalue weighted by atomic mass is 19.1. The van der Waals surface area contributed by atoms with Gasteiger partial charge in [0.05, 0.1) is 17.5 Å². The summed E-state index contributed by atoms with van der Waals surface area (Å²) in [6, 6.07) is 6.69. The number of hydrogen-bond donors (Lipinski definition) is 1. The van der Waals surface area contributed by atoms with Crippen LogP contribution in [0.3, 0.4) is 0 Å². The standard InChI is InChI=1S/C18H22FN3O2/c1-2-7-20-17(23)13-12-14(13)18(24)22-10-8-21(9-11-22)16-6-4-3-5-15(16)19/h2-6,13-14H,1,7-12H2,(H,20,23). The van der Waals surface area contributed by atoms with E-state index in [9.17, 15) is 14.0 Å². The van der Waals surface area contributed by atoms with E-state index in [2.05, 4.69) is 11.9 Å². The van der Waals surface area contributed by atoms with Gasteiger partial charge < -0.3 is 15.1 Å². The lowest BCUT2D eigenvalue weighted by atomic mass is 10.2. The zero-order chi connectivity index (χ0) is 17.1. The second-order valence-corrected chi connectivity index (χ2v) is 6.25. The number of anilines is 1. The van der Waals surface area contributed by atoms with Crippen LogP contribution in [0.4, 0.5) is 10.1 Å². The Morgan fingerprint density at radius 1 is 1.21 bits per heavy atom. The molecule has 1 saturated heterocycles. The minimum absolute atomic E-state index is 0.0435. The van der Waals surface area contributed by atoms with E-state index in [1.54, 1.807) is 23.1 Å². The maximum Gasteiger partial charge on any atom is 0.226 e. The Hall–Kier alpha value is -2.37. The number of piperazine rings is 1. The molecule has 1 aliphatic carbocycles.